The van der Waals surface area contributed by atoms with Crippen molar-refractivity contribution in [2.45, 2.75) is 25.7 Å². The van der Waals surface area contributed by atoms with Crippen LogP contribution in [-0.2, 0) is 6.42 Å². The van der Waals surface area contributed by atoms with E-state index < -0.39 is 0 Å². The number of carbonyl (C=O) groups is 1. The lowest BCUT2D eigenvalue weighted by atomic mass is 9.78. The van der Waals surface area contributed by atoms with Crippen LogP contribution in [0.4, 0.5) is 4.79 Å². The lowest BCUT2D eigenvalue weighted by Crippen LogP contribution is -2.43. The number of rotatable bonds is 4. The molecule has 23 heavy (non-hydrogen) atoms. The number of nitrogens with zero attached hydrogens (tertiary/aromatic N) is 1. The third-order valence-electron chi connectivity index (χ3n) is 5.24. The van der Waals surface area contributed by atoms with Gasteiger partial charge in [-0.25, -0.2) is 4.79 Å². The molecule has 0 radical (unpaired) electrons. The molecular formula is C18H27N3O2. The SMILES string of the molecule is COc1ccc(CCNC(=O)N2CCC3(CCNCC3)C2)cc1. The Morgan fingerprint density at radius 3 is 2.70 bits per heavy atom. The Morgan fingerprint density at radius 1 is 1.26 bits per heavy atom. The highest BCUT2D eigenvalue weighted by Gasteiger charge is 2.40. The van der Waals surface area contributed by atoms with Crippen LogP contribution in [0, 0.1) is 5.41 Å². The largest absolute Gasteiger partial charge is 0.497 e. The molecule has 2 heterocycles. The van der Waals surface area contributed by atoms with Crippen LogP contribution in [0.25, 0.3) is 0 Å². The molecule has 2 saturated heterocycles. The van der Waals surface area contributed by atoms with Crippen molar-refractivity contribution >= 4 is 6.03 Å². The topological polar surface area (TPSA) is 53.6 Å². The summed E-state index contributed by atoms with van der Waals surface area (Å²) in [5.74, 6) is 0.863. The van der Waals surface area contributed by atoms with Crippen molar-refractivity contribution in [3.05, 3.63) is 29.8 Å². The third-order valence-corrected chi connectivity index (χ3v) is 5.24. The van der Waals surface area contributed by atoms with Crippen molar-refractivity contribution in [1.29, 1.82) is 0 Å². The molecule has 0 saturated carbocycles. The second-order valence-corrected chi connectivity index (χ2v) is 6.75. The number of hydrogen-bond acceptors (Lipinski definition) is 3. The van der Waals surface area contributed by atoms with Gasteiger partial charge in [0.2, 0.25) is 0 Å². The van der Waals surface area contributed by atoms with Gasteiger partial charge in [-0.3, -0.25) is 0 Å². The zero-order valence-electron chi connectivity index (χ0n) is 13.9. The standard InChI is InChI=1S/C18H27N3O2/c1-23-16-4-2-15(3-5-16)6-10-20-17(22)21-13-9-18(14-21)7-11-19-12-8-18/h2-5,19H,6-14H2,1H3,(H,20,22). The summed E-state index contributed by atoms with van der Waals surface area (Å²) in [5.41, 5.74) is 1.58. The monoisotopic (exact) mass is 317 g/mol. The second kappa shape index (κ2) is 7.21. The van der Waals surface area contributed by atoms with Gasteiger partial charge in [-0.15, -0.1) is 0 Å². The van der Waals surface area contributed by atoms with Crippen LogP contribution in [0.1, 0.15) is 24.8 Å². The number of likely N-dealkylation sites (tertiary alicyclic amines) is 1. The molecule has 0 aromatic heterocycles. The summed E-state index contributed by atoms with van der Waals surface area (Å²) in [5, 5.41) is 6.48. The zero-order chi connectivity index (χ0) is 16.1. The average molecular weight is 317 g/mol. The predicted octanol–water partition coefficient (Wildman–Crippen LogP) is 2.02. The lowest BCUT2D eigenvalue weighted by molar-refractivity contribution is 0.183. The predicted molar refractivity (Wildman–Crippen MR) is 90.8 cm³/mol. The number of hydrogen-bond donors (Lipinski definition) is 2. The minimum atomic E-state index is 0.0916. The molecular weight excluding hydrogens is 290 g/mol. The van der Waals surface area contributed by atoms with Gasteiger partial charge < -0.3 is 20.3 Å². The zero-order valence-corrected chi connectivity index (χ0v) is 13.9. The molecule has 2 aliphatic rings. The van der Waals surface area contributed by atoms with Crippen LogP contribution in [0.15, 0.2) is 24.3 Å². The quantitative estimate of drug-likeness (QED) is 0.893. The molecule has 3 rings (SSSR count). The molecule has 0 bridgehead atoms. The van der Waals surface area contributed by atoms with E-state index in [9.17, 15) is 4.79 Å². The van der Waals surface area contributed by atoms with E-state index in [1.54, 1.807) is 7.11 Å². The Labute approximate surface area is 138 Å². The summed E-state index contributed by atoms with van der Waals surface area (Å²) in [6.07, 6.45) is 4.39. The van der Waals surface area contributed by atoms with Crippen LogP contribution >= 0.6 is 0 Å². The Kier molecular flexibility index (Phi) is 5.06. The lowest BCUT2D eigenvalue weighted by Gasteiger charge is -2.33. The van der Waals surface area contributed by atoms with Crippen LogP contribution in [0.5, 0.6) is 5.75 Å². The summed E-state index contributed by atoms with van der Waals surface area (Å²) in [6, 6.07) is 8.10. The highest BCUT2D eigenvalue weighted by Crippen LogP contribution is 2.38. The van der Waals surface area contributed by atoms with Crippen molar-refractivity contribution < 1.29 is 9.53 Å². The van der Waals surface area contributed by atoms with Gasteiger partial charge in [0.05, 0.1) is 7.11 Å². The highest BCUT2D eigenvalue weighted by molar-refractivity contribution is 5.74. The Morgan fingerprint density at radius 2 is 2.00 bits per heavy atom. The fourth-order valence-electron chi connectivity index (χ4n) is 3.69. The Balaban J connectivity index is 1.42. The van der Waals surface area contributed by atoms with Crippen molar-refractivity contribution in [3.8, 4) is 5.75 Å². The first-order valence-corrected chi connectivity index (χ1v) is 8.57. The van der Waals surface area contributed by atoms with Gasteiger partial charge in [-0.1, -0.05) is 12.1 Å². The molecule has 0 unspecified atom stereocenters. The van der Waals surface area contributed by atoms with E-state index in [1.807, 2.05) is 29.2 Å². The van der Waals surface area contributed by atoms with Gasteiger partial charge in [0.15, 0.2) is 0 Å². The number of nitrogens with one attached hydrogen (secondary N) is 2. The summed E-state index contributed by atoms with van der Waals surface area (Å²) in [4.78, 5) is 14.3. The maximum absolute atomic E-state index is 12.3. The maximum atomic E-state index is 12.3. The molecule has 1 aromatic carbocycles. The molecule has 1 aromatic rings. The normalized spacial score (nSPS) is 19.8. The van der Waals surface area contributed by atoms with Gasteiger partial charge in [-0.05, 0) is 61.9 Å². The number of amides is 2. The molecule has 0 atom stereocenters. The number of benzene rings is 1. The molecule has 126 valence electrons. The van der Waals surface area contributed by atoms with Gasteiger partial charge in [0.25, 0.3) is 0 Å². The van der Waals surface area contributed by atoms with E-state index in [-0.39, 0.29) is 6.03 Å². The molecule has 2 fully saturated rings. The molecule has 2 aliphatic heterocycles. The number of methoxy groups -OCH3 is 1. The van der Waals surface area contributed by atoms with Crippen LogP contribution in [0.3, 0.4) is 0 Å². The van der Waals surface area contributed by atoms with Crippen LogP contribution in [-0.4, -0.2) is 50.8 Å². The fourth-order valence-corrected chi connectivity index (χ4v) is 3.69. The summed E-state index contributed by atoms with van der Waals surface area (Å²) >= 11 is 0. The van der Waals surface area contributed by atoms with Crippen LogP contribution in [0.2, 0.25) is 0 Å². The maximum Gasteiger partial charge on any atom is 0.317 e. The van der Waals surface area contributed by atoms with Crippen LogP contribution < -0.4 is 15.4 Å². The minimum Gasteiger partial charge on any atom is -0.497 e. The van der Waals surface area contributed by atoms with E-state index in [1.165, 1.54) is 18.4 Å². The molecule has 1 spiro atoms. The number of carbonyl (C=O) groups excluding carboxylic acids is 1. The molecule has 2 N–H and O–H groups in total. The summed E-state index contributed by atoms with van der Waals surface area (Å²) in [6.45, 7) is 4.67. The molecule has 5 heteroatoms. The Hall–Kier alpha value is -1.75. The van der Waals surface area contributed by atoms with Gasteiger partial charge in [-0.2, -0.15) is 0 Å². The Bertz CT molecular complexity index is 524. The first-order valence-electron chi connectivity index (χ1n) is 8.57. The van der Waals surface area contributed by atoms with Crippen molar-refractivity contribution in [2.75, 3.05) is 39.8 Å². The van der Waals surface area contributed by atoms with E-state index in [2.05, 4.69) is 10.6 Å². The number of ether oxygens (including phenoxy) is 1. The first-order chi connectivity index (χ1) is 11.2. The van der Waals surface area contributed by atoms with E-state index in [0.717, 1.165) is 44.8 Å². The minimum absolute atomic E-state index is 0.0916. The van der Waals surface area contributed by atoms with Gasteiger partial charge in [0.1, 0.15) is 5.75 Å². The summed E-state index contributed by atoms with van der Waals surface area (Å²) < 4.78 is 5.15. The van der Waals surface area contributed by atoms with E-state index in [4.69, 9.17) is 4.74 Å². The number of piperidine rings is 1. The molecule has 5 nitrogen and oxygen atoms in total. The fraction of sp³-hybridized carbons (Fsp3) is 0.611. The third kappa shape index (κ3) is 3.96. The molecule has 2 amide bonds. The second-order valence-electron chi connectivity index (χ2n) is 6.75. The average Bonchev–Trinajstić information content (AvgIpc) is 2.99. The summed E-state index contributed by atoms with van der Waals surface area (Å²) in [7, 11) is 1.67. The smallest absolute Gasteiger partial charge is 0.317 e. The first kappa shape index (κ1) is 16.1. The number of urea groups is 1. The van der Waals surface area contributed by atoms with Crippen molar-refractivity contribution in [1.82, 2.24) is 15.5 Å². The highest BCUT2D eigenvalue weighted by atomic mass is 16.5. The molecule has 0 aliphatic carbocycles. The van der Waals surface area contributed by atoms with E-state index >= 15 is 0 Å². The van der Waals surface area contributed by atoms with Crippen molar-refractivity contribution in [2.24, 2.45) is 5.41 Å². The van der Waals surface area contributed by atoms with Gasteiger partial charge >= 0.3 is 6.03 Å². The van der Waals surface area contributed by atoms with E-state index in [0.29, 0.717) is 12.0 Å². The van der Waals surface area contributed by atoms with Crippen molar-refractivity contribution in [3.63, 3.8) is 0 Å². The van der Waals surface area contributed by atoms with Gasteiger partial charge in [0, 0.05) is 19.6 Å².